The standard InChI is InChI=1S/C4H10N2O2.Na.H/c1-3(5)6-2-4(7)8;;/h3,6H,2,5H2,1H3,(H,7,8);;. The molecule has 0 bridgehead atoms. The van der Waals surface area contributed by atoms with Gasteiger partial charge >= 0.3 is 35.5 Å². The van der Waals surface area contributed by atoms with Gasteiger partial charge in [0.05, 0.1) is 12.7 Å². The Hall–Kier alpha value is 0.390. The summed E-state index contributed by atoms with van der Waals surface area (Å²) in [5.74, 6) is -0.887. The molecule has 0 aromatic carbocycles. The Kier molecular flexibility index (Phi) is 8.75. The van der Waals surface area contributed by atoms with Gasteiger partial charge in [-0.3, -0.25) is 10.1 Å². The van der Waals surface area contributed by atoms with Gasteiger partial charge in [-0.05, 0) is 6.92 Å². The SMILES string of the molecule is CC(N)NCC(=O)O.[NaH]. The fourth-order valence-corrected chi connectivity index (χ4v) is 0.248. The van der Waals surface area contributed by atoms with Crippen molar-refractivity contribution < 1.29 is 9.90 Å². The first-order valence-corrected chi connectivity index (χ1v) is 2.33. The van der Waals surface area contributed by atoms with E-state index in [1.165, 1.54) is 0 Å². The summed E-state index contributed by atoms with van der Waals surface area (Å²) in [4.78, 5) is 9.79. The third kappa shape index (κ3) is 11.8. The van der Waals surface area contributed by atoms with Crippen LogP contribution in [0, 0.1) is 0 Å². The molecule has 0 aliphatic heterocycles. The number of carbonyl (C=O) groups is 1. The van der Waals surface area contributed by atoms with Crippen LogP contribution in [0.25, 0.3) is 0 Å². The van der Waals surface area contributed by atoms with Crippen molar-refractivity contribution in [2.45, 2.75) is 13.1 Å². The van der Waals surface area contributed by atoms with E-state index in [0.29, 0.717) is 0 Å². The number of aliphatic carboxylic acids is 1. The Morgan fingerprint density at radius 3 is 2.44 bits per heavy atom. The van der Waals surface area contributed by atoms with Crippen molar-refractivity contribution >= 4 is 35.5 Å². The van der Waals surface area contributed by atoms with Crippen molar-refractivity contribution in [1.29, 1.82) is 0 Å². The van der Waals surface area contributed by atoms with Gasteiger partial charge in [0.25, 0.3) is 0 Å². The maximum absolute atomic E-state index is 9.79. The van der Waals surface area contributed by atoms with Crippen molar-refractivity contribution in [2.75, 3.05) is 6.54 Å². The molecule has 0 rings (SSSR count). The average molecular weight is 142 g/mol. The summed E-state index contributed by atoms with van der Waals surface area (Å²) in [5, 5.41) is 10.6. The molecular formula is C4H11N2NaO2. The Balaban J connectivity index is 0. The molecule has 0 spiro atoms. The minimum atomic E-state index is -0.887. The third-order valence-electron chi connectivity index (χ3n) is 0.575. The molecule has 0 aromatic heterocycles. The van der Waals surface area contributed by atoms with Crippen LogP contribution >= 0.6 is 0 Å². The van der Waals surface area contributed by atoms with Crippen LogP contribution in [0.4, 0.5) is 0 Å². The van der Waals surface area contributed by atoms with Gasteiger partial charge in [-0.25, -0.2) is 0 Å². The van der Waals surface area contributed by atoms with E-state index in [-0.39, 0.29) is 42.3 Å². The van der Waals surface area contributed by atoms with Gasteiger partial charge in [-0.15, -0.1) is 0 Å². The molecule has 0 heterocycles. The number of hydrogen-bond acceptors (Lipinski definition) is 3. The molecule has 4 nitrogen and oxygen atoms in total. The zero-order chi connectivity index (χ0) is 6.57. The molecule has 4 N–H and O–H groups in total. The summed E-state index contributed by atoms with van der Waals surface area (Å²) in [7, 11) is 0. The summed E-state index contributed by atoms with van der Waals surface area (Å²) in [6, 6.07) is 0. The number of nitrogens with one attached hydrogen (secondary N) is 1. The maximum atomic E-state index is 9.79. The van der Waals surface area contributed by atoms with E-state index in [0.717, 1.165) is 0 Å². The third-order valence-corrected chi connectivity index (χ3v) is 0.575. The van der Waals surface area contributed by atoms with Gasteiger partial charge < -0.3 is 10.8 Å². The fraction of sp³-hybridized carbons (Fsp3) is 0.750. The number of carboxylic acids is 1. The van der Waals surface area contributed by atoms with Crippen LogP contribution in [0.3, 0.4) is 0 Å². The Bertz CT molecular complexity index is 86.6. The number of rotatable bonds is 3. The Morgan fingerprint density at radius 1 is 1.89 bits per heavy atom. The molecular weight excluding hydrogens is 131 g/mol. The van der Waals surface area contributed by atoms with Crippen molar-refractivity contribution in [1.82, 2.24) is 5.32 Å². The first kappa shape index (κ1) is 12.1. The molecule has 0 radical (unpaired) electrons. The van der Waals surface area contributed by atoms with E-state index >= 15 is 0 Å². The Labute approximate surface area is 76.1 Å². The van der Waals surface area contributed by atoms with Gasteiger partial charge in [-0.2, -0.15) is 0 Å². The molecule has 0 saturated carbocycles. The second-order valence-corrected chi connectivity index (χ2v) is 1.56. The molecule has 0 aliphatic carbocycles. The average Bonchev–Trinajstić information content (AvgIpc) is 1.61. The normalized spacial score (nSPS) is 11.8. The molecule has 0 aliphatic rings. The van der Waals surface area contributed by atoms with Crippen LogP contribution in [-0.4, -0.2) is 53.3 Å². The van der Waals surface area contributed by atoms with Crippen molar-refractivity contribution in [2.24, 2.45) is 5.73 Å². The predicted molar refractivity (Wildman–Crippen MR) is 36.4 cm³/mol. The summed E-state index contributed by atoms with van der Waals surface area (Å²) < 4.78 is 0. The molecule has 5 heteroatoms. The fourth-order valence-electron chi connectivity index (χ4n) is 0.248. The summed E-state index contributed by atoms with van der Waals surface area (Å²) in [6.45, 7) is 1.61. The van der Waals surface area contributed by atoms with E-state index < -0.39 is 5.97 Å². The van der Waals surface area contributed by atoms with Gasteiger partial charge in [-0.1, -0.05) is 0 Å². The van der Waals surface area contributed by atoms with Crippen LogP contribution < -0.4 is 11.1 Å². The van der Waals surface area contributed by atoms with Crippen LogP contribution in [0.2, 0.25) is 0 Å². The molecule has 0 amide bonds. The van der Waals surface area contributed by atoms with Gasteiger partial charge in [0, 0.05) is 0 Å². The first-order chi connectivity index (χ1) is 3.63. The van der Waals surface area contributed by atoms with Crippen molar-refractivity contribution in [3.8, 4) is 0 Å². The number of nitrogens with two attached hydrogens (primary N) is 1. The zero-order valence-electron chi connectivity index (χ0n) is 4.72. The zero-order valence-corrected chi connectivity index (χ0v) is 4.72. The van der Waals surface area contributed by atoms with Gasteiger partial charge in [0.1, 0.15) is 0 Å². The summed E-state index contributed by atoms with van der Waals surface area (Å²) in [5.41, 5.74) is 5.17. The van der Waals surface area contributed by atoms with E-state index in [4.69, 9.17) is 10.8 Å². The molecule has 1 unspecified atom stereocenters. The topological polar surface area (TPSA) is 75.3 Å². The summed E-state index contributed by atoms with van der Waals surface area (Å²) >= 11 is 0. The van der Waals surface area contributed by atoms with Gasteiger partial charge in [0.15, 0.2) is 0 Å². The Morgan fingerprint density at radius 2 is 2.33 bits per heavy atom. The van der Waals surface area contributed by atoms with Gasteiger partial charge in [0.2, 0.25) is 0 Å². The minimum absolute atomic E-state index is 0. The molecule has 1 atom stereocenters. The summed E-state index contributed by atoms with van der Waals surface area (Å²) in [6.07, 6.45) is -0.244. The van der Waals surface area contributed by atoms with Crippen LogP contribution in [-0.2, 0) is 4.79 Å². The second-order valence-electron chi connectivity index (χ2n) is 1.56. The molecule has 0 aromatic rings. The van der Waals surface area contributed by atoms with E-state index in [2.05, 4.69) is 5.32 Å². The van der Waals surface area contributed by atoms with Crippen LogP contribution in [0.15, 0.2) is 0 Å². The second kappa shape index (κ2) is 6.51. The van der Waals surface area contributed by atoms with Crippen LogP contribution in [0.5, 0.6) is 0 Å². The molecule has 0 saturated heterocycles. The number of carboxylic acid groups (broad SMARTS) is 1. The van der Waals surface area contributed by atoms with E-state index in [1.54, 1.807) is 6.92 Å². The van der Waals surface area contributed by atoms with Crippen molar-refractivity contribution in [3.63, 3.8) is 0 Å². The molecule has 0 fully saturated rings. The first-order valence-electron chi connectivity index (χ1n) is 2.33. The van der Waals surface area contributed by atoms with Crippen LogP contribution in [0.1, 0.15) is 6.92 Å². The van der Waals surface area contributed by atoms with E-state index in [9.17, 15) is 4.79 Å². The monoisotopic (exact) mass is 142 g/mol. The van der Waals surface area contributed by atoms with Crippen molar-refractivity contribution in [3.05, 3.63) is 0 Å². The quantitative estimate of drug-likeness (QED) is 0.325. The number of hydrogen-bond donors (Lipinski definition) is 3. The molecule has 9 heavy (non-hydrogen) atoms. The molecule has 50 valence electrons. The van der Waals surface area contributed by atoms with E-state index in [1.807, 2.05) is 0 Å². The predicted octanol–water partition coefficient (Wildman–Crippen LogP) is -1.68.